The minimum Gasteiger partial charge on any atom is -0.479 e. The van der Waals surface area contributed by atoms with Crippen molar-refractivity contribution in [3.05, 3.63) is 0 Å². The van der Waals surface area contributed by atoms with Gasteiger partial charge in [-0.1, -0.05) is 13.8 Å². The normalized spacial score (nSPS) is 30.1. The summed E-state index contributed by atoms with van der Waals surface area (Å²) in [6, 6.07) is 0. The van der Waals surface area contributed by atoms with E-state index in [1.807, 2.05) is 13.8 Å². The molecule has 1 aliphatic heterocycles. The first kappa shape index (κ1) is 13.0. The van der Waals surface area contributed by atoms with Crippen molar-refractivity contribution in [2.75, 3.05) is 13.7 Å². The van der Waals surface area contributed by atoms with Gasteiger partial charge in [0.1, 0.15) is 5.54 Å². The van der Waals surface area contributed by atoms with E-state index in [2.05, 4.69) is 0 Å². The molecule has 0 aromatic carbocycles. The molecule has 1 aliphatic rings. The predicted octanol–water partition coefficient (Wildman–Crippen LogP) is 0.733. The average Bonchev–Trinajstić information content (AvgIpc) is 2.27. The first-order valence-electron chi connectivity index (χ1n) is 5.47. The molecular weight excluding hydrogens is 210 g/mol. The largest absolute Gasteiger partial charge is 0.479 e. The van der Waals surface area contributed by atoms with E-state index in [9.17, 15) is 14.7 Å². The molecule has 0 radical (unpaired) electrons. The molecule has 0 aromatic rings. The number of aliphatic carboxylic acids is 1. The molecule has 0 saturated carbocycles. The van der Waals surface area contributed by atoms with Crippen LogP contribution in [0.25, 0.3) is 0 Å². The average molecular weight is 229 g/mol. The summed E-state index contributed by atoms with van der Waals surface area (Å²) < 4.78 is 5.53. The molecule has 5 nitrogen and oxygen atoms in total. The molecule has 1 fully saturated rings. The predicted molar refractivity (Wildman–Crippen MR) is 58.0 cm³/mol. The maximum atomic E-state index is 11.4. The van der Waals surface area contributed by atoms with Crippen molar-refractivity contribution in [1.29, 1.82) is 0 Å². The van der Waals surface area contributed by atoms with Gasteiger partial charge in [0, 0.05) is 26.5 Å². The quantitative estimate of drug-likeness (QED) is 0.722. The molecule has 16 heavy (non-hydrogen) atoms. The second-order valence-electron chi connectivity index (χ2n) is 4.66. The van der Waals surface area contributed by atoms with E-state index in [4.69, 9.17) is 4.74 Å². The van der Waals surface area contributed by atoms with Crippen molar-refractivity contribution >= 4 is 12.4 Å². The topological polar surface area (TPSA) is 66.8 Å². The van der Waals surface area contributed by atoms with Gasteiger partial charge in [-0.2, -0.15) is 0 Å². The summed E-state index contributed by atoms with van der Waals surface area (Å²) >= 11 is 0. The molecule has 2 atom stereocenters. The molecule has 0 aliphatic carbocycles. The lowest BCUT2D eigenvalue weighted by Gasteiger charge is -2.43. The second-order valence-corrected chi connectivity index (χ2v) is 4.66. The minimum atomic E-state index is -1.10. The molecule has 2 unspecified atom stereocenters. The Morgan fingerprint density at radius 3 is 2.69 bits per heavy atom. The van der Waals surface area contributed by atoms with Crippen LogP contribution >= 0.6 is 0 Å². The Labute approximate surface area is 95.4 Å². The van der Waals surface area contributed by atoms with Gasteiger partial charge in [0.05, 0.1) is 6.10 Å². The van der Waals surface area contributed by atoms with Crippen LogP contribution in [0, 0.1) is 5.92 Å². The van der Waals surface area contributed by atoms with Crippen molar-refractivity contribution < 1.29 is 19.4 Å². The molecule has 1 saturated heterocycles. The molecule has 1 rings (SSSR count). The smallest absolute Gasteiger partial charge is 0.329 e. The first-order chi connectivity index (χ1) is 7.44. The van der Waals surface area contributed by atoms with E-state index in [-0.39, 0.29) is 12.0 Å². The fourth-order valence-electron chi connectivity index (χ4n) is 2.07. The monoisotopic (exact) mass is 229 g/mol. The van der Waals surface area contributed by atoms with Crippen molar-refractivity contribution in [3.8, 4) is 0 Å². The van der Waals surface area contributed by atoms with Crippen molar-refractivity contribution in [2.45, 2.75) is 38.3 Å². The number of hydrogen-bond acceptors (Lipinski definition) is 3. The van der Waals surface area contributed by atoms with E-state index < -0.39 is 11.5 Å². The highest BCUT2D eigenvalue weighted by atomic mass is 16.5. The van der Waals surface area contributed by atoms with Crippen LogP contribution in [0.4, 0.5) is 0 Å². The molecule has 92 valence electrons. The molecule has 1 N–H and O–H groups in total. The Morgan fingerprint density at radius 2 is 2.25 bits per heavy atom. The van der Waals surface area contributed by atoms with Crippen LogP contribution in [-0.4, -0.2) is 47.7 Å². The number of hydrogen-bond donors (Lipinski definition) is 1. The molecule has 1 amide bonds. The molecule has 0 bridgehead atoms. The minimum absolute atomic E-state index is 0.104. The maximum absolute atomic E-state index is 11.4. The van der Waals surface area contributed by atoms with E-state index in [1.165, 1.54) is 11.9 Å². The number of rotatable bonds is 4. The van der Waals surface area contributed by atoms with Crippen LogP contribution in [0.3, 0.4) is 0 Å². The molecule has 1 heterocycles. The van der Waals surface area contributed by atoms with Gasteiger partial charge in [0.25, 0.3) is 0 Å². The number of amides is 1. The second kappa shape index (κ2) is 4.82. The van der Waals surface area contributed by atoms with Crippen molar-refractivity contribution in [2.24, 2.45) is 5.92 Å². The third-order valence-corrected chi connectivity index (χ3v) is 3.36. The Balaban J connectivity index is 2.93. The standard InChI is InChI=1S/C11H19NO4/c1-8(2)9-6-11(10(14)15,4-5-16-9)12(3)7-13/h7-9H,4-6H2,1-3H3,(H,14,15). The molecule has 5 heteroatoms. The number of likely N-dealkylation sites (N-methyl/N-ethyl adjacent to an activating group) is 1. The highest BCUT2D eigenvalue weighted by molar-refractivity contribution is 5.81. The molecular formula is C11H19NO4. The summed E-state index contributed by atoms with van der Waals surface area (Å²) in [6.07, 6.45) is 1.18. The zero-order valence-electron chi connectivity index (χ0n) is 9.97. The van der Waals surface area contributed by atoms with Gasteiger partial charge in [-0.25, -0.2) is 4.79 Å². The Bertz CT molecular complexity index is 279. The van der Waals surface area contributed by atoms with Crippen LogP contribution in [-0.2, 0) is 14.3 Å². The van der Waals surface area contributed by atoms with Gasteiger partial charge in [-0.3, -0.25) is 4.79 Å². The van der Waals surface area contributed by atoms with Crippen LogP contribution in [0.5, 0.6) is 0 Å². The summed E-state index contributed by atoms with van der Waals surface area (Å²) in [5.74, 6) is -0.699. The van der Waals surface area contributed by atoms with Gasteiger partial charge in [0.2, 0.25) is 6.41 Å². The van der Waals surface area contributed by atoms with E-state index in [0.29, 0.717) is 25.9 Å². The SMILES string of the molecule is CC(C)C1CC(C(=O)O)(N(C)C=O)CCO1. The van der Waals surface area contributed by atoms with Crippen LogP contribution in [0.2, 0.25) is 0 Å². The third kappa shape index (κ3) is 2.19. The van der Waals surface area contributed by atoms with Crippen LogP contribution < -0.4 is 0 Å². The summed E-state index contributed by atoms with van der Waals surface area (Å²) in [5, 5.41) is 9.33. The number of ether oxygens (including phenoxy) is 1. The highest BCUT2D eigenvalue weighted by Gasteiger charge is 2.47. The van der Waals surface area contributed by atoms with Gasteiger partial charge in [-0.05, 0) is 5.92 Å². The first-order valence-corrected chi connectivity index (χ1v) is 5.47. The summed E-state index contributed by atoms with van der Waals surface area (Å²) in [5.41, 5.74) is -1.10. The summed E-state index contributed by atoms with van der Waals surface area (Å²) in [4.78, 5) is 23.5. The summed E-state index contributed by atoms with van der Waals surface area (Å²) in [7, 11) is 1.52. The lowest BCUT2D eigenvalue weighted by molar-refractivity contribution is -0.166. The number of carbonyl (C=O) groups excluding carboxylic acids is 1. The lowest BCUT2D eigenvalue weighted by Crippen LogP contribution is -2.58. The number of carbonyl (C=O) groups is 2. The van der Waals surface area contributed by atoms with Crippen LogP contribution in [0.15, 0.2) is 0 Å². The summed E-state index contributed by atoms with van der Waals surface area (Å²) in [6.45, 7) is 4.36. The fourth-order valence-corrected chi connectivity index (χ4v) is 2.07. The zero-order valence-corrected chi connectivity index (χ0v) is 9.97. The van der Waals surface area contributed by atoms with E-state index in [1.54, 1.807) is 0 Å². The van der Waals surface area contributed by atoms with Gasteiger partial charge < -0.3 is 14.7 Å². The zero-order chi connectivity index (χ0) is 12.3. The molecule has 0 aromatic heterocycles. The number of carboxylic acid groups (broad SMARTS) is 1. The van der Waals surface area contributed by atoms with Gasteiger partial charge >= 0.3 is 5.97 Å². The Hall–Kier alpha value is -1.10. The Morgan fingerprint density at radius 1 is 1.62 bits per heavy atom. The van der Waals surface area contributed by atoms with Gasteiger partial charge in [-0.15, -0.1) is 0 Å². The number of carboxylic acids is 1. The lowest BCUT2D eigenvalue weighted by atomic mass is 9.82. The number of nitrogens with zero attached hydrogens (tertiary/aromatic N) is 1. The maximum Gasteiger partial charge on any atom is 0.329 e. The van der Waals surface area contributed by atoms with Crippen molar-refractivity contribution in [3.63, 3.8) is 0 Å². The van der Waals surface area contributed by atoms with Crippen LogP contribution in [0.1, 0.15) is 26.7 Å². The van der Waals surface area contributed by atoms with E-state index >= 15 is 0 Å². The van der Waals surface area contributed by atoms with Gasteiger partial charge in [0.15, 0.2) is 0 Å². The van der Waals surface area contributed by atoms with E-state index in [0.717, 1.165) is 0 Å². The molecule has 0 spiro atoms. The fraction of sp³-hybridized carbons (Fsp3) is 0.818. The third-order valence-electron chi connectivity index (χ3n) is 3.36. The van der Waals surface area contributed by atoms with Crippen molar-refractivity contribution in [1.82, 2.24) is 4.90 Å². The highest BCUT2D eigenvalue weighted by Crippen LogP contribution is 2.32. The Kier molecular flexibility index (Phi) is 3.91.